The molecule has 0 radical (unpaired) electrons. The molecule has 0 fully saturated rings. The molecule has 0 saturated heterocycles. The first kappa shape index (κ1) is 14.7. The maximum atomic E-state index is 12.1. The van der Waals surface area contributed by atoms with Gasteiger partial charge in [-0.1, -0.05) is 15.9 Å². The van der Waals surface area contributed by atoms with Gasteiger partial charge < -0.3 is 10.1 Å². The van der Waals surface area contributed by atoms with E-state index >= 15 is 0 Å². The molecule has 0 unspecified atom stereocenters. The third kappa shape index (κ3) is 4.41. The average molecular weight is 365 g/mol. The van der Waals surface area contributed by atoms with E-state index in [4.69, 9.17) is 4.74 Å². The Bertz CT molecular complexity index is 419. The number of hydrogen-bond donors (Lipinski definition) is 1. The Balaban J connectivity index is 2.86. The first-order chi connectivity index (χ1) is 7.85. The van der Waals surface area contributed by atoms with E-state index in [1.165, 1.54) is 0 Å². The third-order valence-corrected chi connectivity index (χ3v) is 3.31. The molecule has 0 aliphatic rings. The molecule has 1 N–H and O–H groups in total. The SMILES string of the molecule is COCC(C)(C)NC(=O)c1cc(Br)ccc1Br. The zero-order valence-corrected chi connectivity index (χ0v) is 13.2. The largest absolute Gasteiger partial charge is 0.382 e. The molecule has 0 aliphatic carbocycles. The van der Waals surface area contributed by atoms with E-state index < -0.39 is 5.54 Å². The zero-order chi connectivity index (χ0) is 13.1. The van der Waals surface area contributed by atoms with Crippen LogP contribution in [0.4, 0.5) is 0 Å². The maximum Gasteiger partial charge on any atom is 0.252 e. The van der Waals surface area contributed by atoms with Gasteiger partial charge >= 0.3 is 0 Å². The molecule has 0 saturated carbocycles. The van der Waals surface area contributed by atoms with E-state index in [2.05, 4.69) is 37.2 Å². The molecule has 1 aromatic rings. The number of rotatable bonds is 4. The van der Waals surface area contributed by atoms with Crippen LogP contribution in [0.15, 0.2) is 27.1 Å². The van der Waals surface area contributed by atoms with Gasteiger partial charge in [-0.25, -0.2) is 0 Å². The van der Waals surface area contributed by atoms with Crippen LogP contribution in [0.5, 0.6) is 0 Å². The highest BCUT2D eigenvalue weighted by molar-refractivity contribution is 9.11. The zero-order valence-electron chi connectivity index (χ0n) is 10.0. The number of ether oxygens (including phenoxy) is 1. The van der Waals surface area contributed by atoms with Gasteiger partial charge in [-0.3, -0.25) is 4.79 Å². The second-order valence-electron chi connectivity index (χ2n) is 4.40. The standard InChI is InChI=1S/C12H15Br2NO2/c1-12(2,7-17-3)15-11(16)9-6-8(13)4-5-10(9)14/h4-6H,7H2,1-3H3,(H,15,16). The first-order valence-electron chi connectivity index (χ1n) is 5.12. The minimum Gasteiger partial charge on any atom is -0.382 e. The van der Waals surface area contributed by atoms with Gasteiger partial charge in [-0.15, -0.1) is 0 Å². The van der Waals surface area contributed by atoms with Crippen molar-refractivity contribution < 1.29 is 9.53 Å². The fourth-order valence-corrected chi connectivity index (χ4v) is 2.23. The van der Waals surface area contributed by atoms with Crippen LogP contribution in [0.3, 0.4) is 0 Å². The molecule has 0 spiro atoms. The van der Waals surface area contributed by atoms with Gasteiger partial charge in [0.1, 0.15) is 0 Å². The lowest BCUT2D eigenvalue weighted by Crippen LogP contribution is -2.46. The Morgan fingerprint density at radius 2 is 2.06 bits per heavy atom. The lowest BCUT2D eigenvalue weighted by atomic mass is 10.1. The molecular weight excluding hydrogens is 350 g/mol. The summed E-state index contributed by atoms with van der Waals surface area (Å²) in [7, 11) is 1.61. The lowest BCUT2D eigenvalue weighted by molar-refractivity contribution is 0.0819. The van der Waals surface area contributed by atoms with Crippen molar-refractivity contribution >= 4 is 37.8 Å². The van der Waals surface area contributed by atoms with Crippen molar-refractivity contribution in [3.8, 4) is 0 Å². The van der Waals surface area contributed by atoms with Crippen LogP contribution in [0.1, 0.15) is 24.2 Å². The number of nitrogens with one attached hydrogen (secondary N) is 1. The summed E-state index contributed by atoms with van der Waals surface area (Å²) in [5.74, 6) is -0.125. The Hall–Kier alpha value is -0.390. The minimum atomic E-state index is -0.395. The quantitative estimate of drug-likeness (QED) is 0.889. The molecular formula is C12H15Br2NO2. The molecule has 0 atom stereocenters. The Morgan fingerprint density at radius 1 is 1.41 bits per heavy atom. The van der Waals surface area contributed by atoms with E-state index in [-0.39, 0.29) is 5.91 Å². The van der Waals surface area contributed by atoms with Crippen LogP contribution >= 0.6 is 31.9 Å². The summed E-state index contributed by atoms with van der Waals surface area (Å²) in [6.45, 7) is 4.30. The van der Waals surface area contributed by atoms with Crippen LogP contribution in [0.2, 0.25) is 0 Å². The summed E-state index contributed by atoms with van der Waals surface area (Å²) >= 11 is 6.71. The van der Waals surface area contributed by atoms with Crippen molar-refractivity contribution in [1.82, 2.24) is 5.32 Å². The molecule has 0 aliphatic heterocycles. The van der Waals surface area contributed by atoms with Gasteiger partial charge in [0.15, 0.2) is 0 Å². The summed E-state index contributed by atoms with van der Waals surface area (Å²) in [6.07, 6.45) is 0. The van der Waals surface area contributed by atoms with Gasteiger partial charge in [-0.2, -0.15) is 0 Å². The van der Waals surface area contributed by atoms with Crippen molar-refractivity contribution in [2.75, 3.05) is 13.7 Å². The number of carbonyl (C=O) groups is 1. The summed E-state index contributed by atoms with van der Waals surface area (Å²) in [5, 5.41) is 2.93. The normalized spacial score (nSPS) is 11.4. The Labute approximate surface area is 118 Å². The van der Waals surface area contributed by atoms with Crippen molar-refractivity contribution in [2.24, 2.45) is 0 Å². The van der Waals surface area contributed by atoms with Gasteiger partial charge in [0, 0.05) is 16.1 Å². The molecule has 5 heteroatoms. The second kappa shape index (κ2) is 5.98. The molecule has 0 bridgehead atoms. The first-order valence-corrected chi connectivity index (χ1v) is 6.71. The second-order valence-corrected chi connectivity index (χ2v) is 6.17. The lowest BCUT2D eigenvalue weighted by Gasteiger charge is -2.25. The molecule has 17 heavy (non-hydrogen) atoms. The smallest absolute Gasteiger partial charge is 0.252 e. The number of benzene rings is 1. The van der Waals surface area contributed by atoms with E-state index in [0.717, 1.165) is 8.95 Å². The fraction of sp³-hybridized carbons (Fsp3) is 0.417. The molecule has 0 heterocycles. The summed E-state index contributed by atoms with van der Waals surface area (Å²) in [5.41, 5.74) is 0.205. The van der Waals surface area contributed by atoms with Crippen LogP contribution in [-0.2, 0) is 4.74 Å². The molecule has 3 nitrogen and oxygen atoms in total. The average Bonchev–Trinajstić information content (AvgIpc) is 2.20. The van der Waals surface area contributed by atoms with Gasteiger partial charge in [0.05, 0.1) is 17.7 Å². The van der Waals surface area contributed by atoms with Crippen molar-refractivity contribution in [3.05, 3.63) is 32.7 Å². The fourth-order valence-electron chi connectivity index (χ4n) is 1.44. The van der Waals surface area contributed by atoms with E-state index in [1.54, 1.807) is 13.2 Å². The summed E-state index contributed by atoms with van der Waals surface area (Å²) in [6, 6.07) is 5.49. The number of halogens is 2. The summed E-state index contributed by atoms with van der Waals surface area (Å²) in [4.78, 5) is 12.1. The van der Waals surface area contributed by atoms with Gasteiger partial charge in [-0.05, 0) is 48.0 Å². The minimum absolute atomic E-state index is 0.125. The predicted molar refractivity (Wildman–Crippen MR) is 75.3 cm³/mol. The van der Waals surface area contributed by atoms with Crippen LogP contribution in [-0.4, -0.2) is 25.2 Å². The van der Waals surface area contributed by atoms with Gasteiger partial charge in [0.25, 0.3) is 5.91 Å². The highest BCUT2D eigenvalue weighted by Gasteiger charge is 2.22. The molecule has 94 valence electrons. The van der Waals surface area contributed by atoms with Crippen LogP contribution in [0, 0.1) is 0 Å². The summed E-state index contributed by atoms with van der Waals surface area (Å²) < 4.78 is 6.70. The maximum absolute atomic E-state index is 12.1. The number of methoxy groups -OCH3 is 1. The highest BCUT2D eigenvalue weighted by atomic mass is 79.9. The monoisotopic (exact) mass is 363 g/mol. The topological polar surface area (TPSA) is 38.3 Å². The van der Waals surface area contributed by atoms with Crippen molar-refractivity contribution in [2.45, 2.75) is 19.4 Å². The molecule has 1 rings (SSSR count). The predicted octanol–water partition coefficient (Wildman–Crippen LogP) is 3.37. The van der Waals surface area contributed by atoms with Crippen molar-refractivity contribution in [1.29, 1.82) is 0 Å². The number of amides is 1. The highest BCUT2D eigenvalue weighted by Crippen LogP contribution is 2.22. The molecule has 1 aromatic carbocycles. The van der Waals surface area contributed by atoms with Crippen LogP contribution in [0.25, 0.3) is 0 Å². The number of hydrogen-bond acceptors (Lipinski definition) is 2. The van der Waals surface area contributed by atoms with E-state index in [1.807, 2.05) is 26.0 Å². The van der Waals surface area contributed by atoms with E-state index in [9.17, 15) is 4.79 Å². The molecule has 1 amide bonds. The van der Waals surface area contributed by atoms with E-state index in [0.29, 0.717) is 12.2 Å². The van der Waals surface area contributed by atoms with Crippen molar-refractivity contribution in [3.63, 3.8) is 0 Å². The third-order valence-electron chi connectivity index (χ3n) is 2.13. The van der Waals surface area contributed by atoms with Gasteiger partial charge in [0.2, 0.25) is 0 Å². The Kier molecular flexibility index (Phi) is 5.16. The Morgan fingerprint density at radius 3 is 2.65 bits per heavy atom. The molecule has 0 aromatic heterocycles. The number of carbonyl (C=O) groups excluding carboxylic acids is 1. The van der Waals surface area contributed by atoms with Crippen LogP contribution < -0.4 is 5.32 Å².